The molecule has 102 valence electrons. The summed E-state index contributed by atoms with van der Waals surface area (Å²) in [6.45, 7) is 10.2. The third-order valence-corrected chi connectivity index (χ3v) is 3.77. The summed E-state index contributed by atoms with van der Waals surface area (Å²) in [6.07, 6.45) is 0.945. The van der Waals surface area contributed by atoms with Gasteiger partial charge in [-0.2, -0.15) is 0 Å². The molecule has 19 heavy (non-hydrogen) atoms. The van der Waals surface area contributed by atoms with Gasteiger partial charge in [0.2, 0.25) is 0 Å². The Morgan fingerprint density at radius 1 is 1.32 bits per heavy atom. The molecule has 0 radical (unpaired) electrons. The van der Waals surface area contributed by atoms with Crippen LogP contribution < -0.4 is 10.1 Å². The molecule has 1 N–H and O–H groups in total. The molecule has 3 rings (SSSR count). The molecular formula is C16H21NO2. The van der Waals surface area contributed by atoms with E-state index in [0.717, 1.165) is 36.6 Å². The zero-order chi connectivity index (χ0) is 13.6. The first-order valence-electron chi connectivity index (χ1n) is 6.95. The van der Waals surface area contributed by atoms with E-state index in [4.69, 9.17) is 9.15 Å². The van der Waals surface area contributed by atoms with E-state index in [-0.39, 0.29) is 5.60 Å². The molecule has 1 aromatic heterocycles. The second-order valence-corrected chi connectivity index (χ2v) is 5.90. The smallest absolute Gasteiger partial charge is 0.176 e. The minimum Gasteiger partial charge on any atom is -0.483 e. The van der Waals surface area contributed by atoms with Crippen molar-refractivity contribution < 1.29 is 9.15 Å². The van der Waals surface area contributed by atoms with Crippen molar-refractivity contribution in [2.75, 3.05) is 6.54 Å². The summed E-state index contributed by atoms with van der Waals surface area (Å²) in [4.78, 5) is 0. The van der Waals surface area contributed by atoms with E-state index in [2.05, 4.69) is 45.1 Å². The van der Waals surface area contributed by atoms with Crippen LogP contribution in [0.25, 0.3) is 11.0 Å². The average Bonchev–Trinajstić information content (AvgIpc) is 2.83. The number of aryl methyl sites for hydroxylation is 1. The Morgan fingerprint density at radius 2 is 2.11 bits per heavy atom. The Balaban J connectivity index is 2.10. The molecule has 0 saturated heterocycles. The fourth-order valence-corrected chi connectivity index (χ4v) is 2.78. The molecule has 3 heteroatoms. The summed E-state index contributed by atoms with van der Waals surface area (Å²) < 4.78 is 12.1. The van der Waals surface area contributed by atoms with Gasteiger partial charge in [0.05, 0.1) is 6.54 Å². The van der Waals surface area contributed by atoms with Crippen LogP contribution in [0.3, 0.4) is 0 Å². The topological polar surface area (TPSA) is 34.4 Å². The largest absolute Gasteiger partial charge is 0.483 e. The van der Waals surface area contributed by atoms with Crippen molar-refractivity contribution in [1.29, 1.82) is 0 Å². The third-order valence-electron chi connectivity index (χ3n) is 3.77. The van der Waals surface area contributed by atoms with E-state index in [1.807, 2.05) is 0 Å². The van der Waals surface area contributed by atoms with Crippen LogP contribution in [0.5, 0.6) is 5.75 Å². The summed E-state index contributed by atoms with van der Waals surface area (Å²) in [7, 11) is 0. The molecule has 3 nitrogen and oxygen atoms in total. The summed E-state index contributed by atoms with van der Waals surface area (Å²) in [5.41, 5.74) is 3.25. The van der Waals surface area contributed by atoms with Gasteiger partial charge in [-0.1, -0.05) is 19.1 Å². The van der Waals surface area contributed by atoms with Gasteiger partial charge in [0.1, 0.15) is 11.4 Å². The Labute approximate surface area is 113 Å². The lowest BCUT2D eigenvalue weighted by Crippen LogP contribution is -2.24. The maximum absolute atomic E-state index is 6.07. The number of hydrogen-bond acceptors (Lipinski definition) is 3. The van der Waals surface area contributed by atoms with Crippen LogP contribution in [0.2, 0.25) is 0 Å². The SMILES string of the molecule is CCNCc1oc2c3c(ccc2c1C)CC(C)(C)O3. The highest BCUT2D eigenvalue weighted by molar-refractivity contribution is 5.89. The number of nitrogens with one attached hydrogen (secondary N) is 1. The lowest BCUT2D eigenvalue weighted by Gasteiger charge is -2.16. The minimum absolute atomic E-state index is 0.126. The maximum atomic E-state index is 6.07. The fraction of sp³-hybridized carbons (Fsp3) is 0.500. The van der Waals surface area contributed by atoms with E-state index in [0.29, 0.717) is 0 Å². The van der Waals surface area contributed by atoms with Crippen LogP contribution in [0, 0.1) is 6.92 Å². The predicted octanol–water partition coefficient (Wildman–Crippen LogP) is 3.56. The first kappa shape index (κ1) is 12.5. The quantitative estimate of drug-likeness (QED) is 0.915. The molecule has 0 bridgehead atoms. The zero-order valence-corrected chi connectivity index (χ0v) is 12.1. The number of benzene rings is 1. The van der Waals surface area contributed by atoms with Gasteiger partial charge in [-0.15, -0.1) is 0 Å². The van der Waals surface area contributed by atoms with Gasteiger partial charge < -0.3 is 14.5 Å². The highest BCUT2D eigenvalue weighted by atomic mass is 16.5. The molecule has 2 aromatic rings. The predicted molar refractivity (Wildman–Crippen MR) is 76.7 cm³/mol. The average molecular weight is 259 g/mol. The molecule has 1 aliphatic rings. The Morgan fingerprint density at radius 3 is 2.84 bits per heavy atom. The third kappa shape index (κ3) is 2.02. The van der Waals surface area contributed by atoms with Crippen molar-refractivity contribution in [1.82, 2.24) is 5.32 Å². The number of fused-ring (bicyclic) bond motifs is 3. The van der Waals surface area contributed by atoms with Gasteiger partial charge in [0, 0.05) is 17.4 Å². The number of hydrogen-bond donors (Lipinski definition) is 1. The van der Waals surface area contributed by atoms with Crippen LogP contribution in [0.1, 0.15) is 37.7 Å². The van der Waals surface area contributed by atoms with E-state index in [1.165, 1.54) is 16.5 Å². The van der Waals surface area contributed by atoms with E-state index < -0.39 is 0 Å². The first-order chi connectivity index (χ1) is 9.02. The van der Waals surface area contributed by atoms with E-state index in [1.54, 1.807) is 0 Å². The second kappa shape index (κ2) is 4.27. The van der Waals surface area contributed by atoms with Crippen molar-refractivity contribution in [3.05, 3.63) is 29.0 Å². The fourth-order valence-electron chi connectivity index (χ4n) is 2.78. The normalized spacial score (nSPS) is 16.6. The van der Waals surface area contributed by atoms with Crippen LogP contribution >= 0.6 is 0 Å². The first-order valence-corrected chi connectivity index (χ1v) is 6.95. The molecule has 2 heterocycles. The molecule has 0 aliphatic carbocycles. The Kier molecular flexibility index (Phi) is 2.82. The van der Waals surface area contributed by atoms with Gasteiger partial charge in [-0.05, 0) is 32.9 Å². The molecule has 0 atom stereocenters. The second-order valence-electron chi connectivity index (χ2n) is 5.90. The zero-order valence-electron chi connectivity index (χ0n) is 12.1. The highest BCUT2D eigenvalue weighted by Crippen LogP contribution is 2.42. The molecule has 1 aromatic carbocycles. The summed E-state index contributed by atoms with van der Waals surface area (Å²) >= 11 is 0. The standard InChI is InChI=1S/C16H21NO2/c1-5-17-9-13-10(2)12-7-6-11-8-16(3,4)19-14(11)15(12)18-13/h6-7,17H,5,8-9H2,1-4H3. The van der Waals surface area contributed by atoms with Crippen molar-refractivity contribution in [3.63, 3.8) is 0 Å². The molecule has 1 aliphatic heterocycles. The van der Waals surface area contributed by atoms with E-state index >= 15 is 0 Å². The van der Waals surface area contributed by atoms with Crippen molar-refractivity contribution >= 4 is 11.0 Å². The van der Waals surface area contributed by atoms with Crippen molar-refractivity contribution in [3.8, 4) is 5.75 Å². The summed E-state index contributed by atoms with van der Waals surface area (Å²) in [5, 5.41) is 4.49. The number of ether oxygens (including phenoxy) is 1. The van der Waals surface area contributed by atoms with Gasteiger partial charge in [-0.25, -0.2) is 0 Å². The van der Waals surface area contributed by atoms with Crippen LogP contribution in [-0.2, 0) is 13.0 Å². The number of furan rings is 1. The Bertz CT molecular complexity index is 625. The maximum Gasteiger partial charge on any atom is 0.176 e. The van der Waals surface area contributed by atoms with Crippen molar-refractivity contribution in [2.45, 2.75) is 46.3 Å². The monoisotopic (exact) mass is 259 g/mol. The summed E-state index contributed by atoms with van der Waals surface area (Å²) in [5.74, 6) is 1.95. The van der Waals surface area contributed by atoms with Crippen LogP contribution in [-0.4, -0.2) is 12.1 Å². The van der Waals surface area contributed by atoms with Gasteiger partial charge in [-0.3, -0.25) is 0 Å². The van der Waals surface area contributed by atoms with Crippen molar-refractivity contribution in [2.24, 2.45) is 0 Å². The van der Waals surface area contributed by atoms with Crippen LogP contribution in [0.4, 0.5) is 0 Å². The Hall–Kier alpha value is -1.48. The van der Waals surface area contributed by atoms with Gasteiger partial charge in [0.25, 0.3) is 0 Å². The molecule has 0 amide bonds. The molecule has 0 spiro atoms. The van der Waals surface area contributed by atoms with Gasteiger partial charge in [0.15, 0.2) is 11.3 Å². The lowest BCUT2D eigenvalue weighted by molar-refractivity contribution is 0.138. The molecular weight excluding hydrogens is 238 g/mol. The summed E-state index contributed by atoms with van der Waals surface area (Å²) in [6, 6.07) is 4.33. The van der Waals surface area contributed by atoms with Gasteiger partial charge >= 0.3 is 0 Å². The number of rotatable bonds is 3. The molecule has 0 fully saturated rings. The van der Waals surface area contributed by atoms with E-state index in [9.17, 15) is 0 Å². The van der Waals surface area contributed by atoms with Crippen LogP contribution in [0.15, 0.2) is 16.5 Å². The molecule has 0 unspecified atom stereocenters. The minimum atomic E-state index is -0.126. The lowest BCUT2D eigenvalue weighted by atomic mass is 10.0. The molecule has 0 saturated carbocycles. The highest BCUT2D eigenvalue weighted by Gasteiger charge is 2.33.